The van der Waals surface area contributed by atoms with E-state index in [0.717, 1.165) is 49.2 Å². The zero-order valence-corrected chi connectivity index (χ0v) is 16.4. The molecule has 29 heavy (non-hydrogen) atoms. The van der Waals surface area contributed by atoms with Crippen LogP contribution < -0.4 is 4.90 Å². The smallest absolute Gasteiger partial charge is 0.291 e. The van der Waals surface area contributed by atoms with E-state index in [1.54, 1.807) is 24.8 Å². The summed E-state index contributed by atoms with van der Waals surface area (Å²) in [5.41, 5.74) is 2.01. The second-order valence-corrected chi connectivity index (χ2v) is 7.78. The minimum Gasteiger partial charge on any atom is -0.356 e. The molecule has 1 amide bonds. The third-order valence-electron chi connectivity index (χ3n) is 5.72. The number of fused-ring (bicyclic) bond motifs is 1. The summed E-state index contributed by atoms with van der Waals surface area (Å²) in [6.45, 7) is 7.20. The number of aromatic nitrogens is 6. The summed E-state index contributed by atoms with van der Waals surface area (Å²) in [5, 5.41) is 4.52. The maximum Gasteiger partial charge on any atom is 0.291 e. The minimum absolute atomic E-state index is 0.0830. The molecule has 9 nitrogen and oxygen atoms in total. The molecular weight excluding hydrogens is 368 g/mol. The predicted octanol–water partition coefficient (Wildman–Crippen LogP) is 1.28. The van der Waals surface area contributed by atoms with Gasteiger partial charge in [-0.05, 0) is 26.0 Å². The molecule has 3 aromatic rings. The molecule has 5 heterocycles. The topological polar surface area (TPSA) is 92.9 Å². The molecule has 148 valence electrons. The van der Waals surface area contributed by atoms with Crippen LogP contribution in [-0.4, -0.2) is 66.7 Å². The van der Waals surface area contributed by atoms with Crippen LogP contribution in [0.1, 0.15) is 22.0 Å². The summed E-state index contributed by atoms with van der Waals surface area (Å²) in [4.78, 5) is 33.8. The first-order valence-electron chi connectivity index (χ1n) is 9.75. The van der Waals surface area contributed by atoms with Gasteiger partial charge in [-0.25, -0.2) is 24.6 Å². The number of hydrogen-bond donors (Lipinski definition) is 0. The van der Waals surface area contributed by atoms with Crippen molar-refractivity contribution in [2.24, 2.45) is 11.8 Å². The standard InChI is InChI=1S/C20H22N8O/c1-13-6-14(2)28(25-13)18-7-17(23-12-24-18)26-8-15-10-27(11-16(15)9-26)20(29)19-21-4-3-5-22-19/h3-7,12,15-16H,8-11H2,1-2H3. The van der Waals surface area contributed by atoms with E-state index in [0.29, 0.717) is 11.8 Å². The van der Waals surface area contributed by atoms with Crippen molar-refractivity contribution in [3.05, 3.63) is 54.1 Å². The Bertz CT molecular complexity index is 1040. The first kappa shape index (κ1) is 17.7. The first-order valence-corrected chi connectivity index (χ1v) is 9.75. The minimum atomic E-state index is -0.0830. The van der Waals surface area contributed by atoms with Crippen LogP contribution in [0.3, 0.4) is 0 Å². The molecule has 3 aromatic heterocycles. The number of aryl methyl sites for hydroxylation is 2. The average Bonchev–Trinajstić information content (AvgIpc) is 3.41. The lowest BCUT2D eigenvalue weighted by molar-refractivity contribution is 0.0770. The van der Waals surface area contributed by atoms with Gasteiger partial charge < -0.3 is 9.80 Å². The van der Waals surface area contributed by atoms with Crippen LogP contribution in [0.4, 0.5) is 5.82 Å². The molecule has 2 fully saturated rings. The molecule has 2 atom stereocenters. The highest BCUT2D eigenvalue weighted by Gasteiger charge is 2.42. The van der Waals surface area contributed by atoms with Crippen LogP contribution in [0.15, 0.2) is 36.9 Å². The summed E-state index contributed by atoms with van der Waals surface area (Å²) < 4.78 is 1.84. The van der Waals surface area contributed by atoms with Crippen molar-refractivity contribution in [1.82, 2.24) is 34.6 Å². The molecule has 0 radical (unpaired) electrons. The van der Waals surface area contributed by atoms with Crippen molar-refractivity contribution in [3.8, 4) is 5.82 Å². The number of amides is 1. The predicted molar refractivity (Wildman–Crippen MR) is 106 cm³/mol. The van der Waals surface area contributed by atoms with Crippen LogP contribution in [0.5, 0.6) is 0 Å². The Balaban J connectivity index is 1.29. The molecular formula is C20H22N8O. The molecule has 9 heteroatoms. The Morgan fingerprint density at radius 2 is 1.62 bits per heavy atom. The van der Waals surface area contributed by atoms with Crippen molar-refractivity contribution in [1.29, 1.82) is 0 Å². The van der Waals surface area contributed by atoms with Crippen molar-refractivity contribution >= 4 is 11.7 Å². The van der Waals surface area contributed by atoms with Crippen LogP contribution in [0.25, 0.3) is 5.82 Å². The van der Waals surface area contributed by atoms with E-state index < -0.39 is 0 Å². The van der Waals surface area contributed by atoms with Crippen LogP contribution in [-0.2, 0) is 0 Å². The lowest BCUT2D eigenvalue weighted by Gasteiger charge is -2.22. The number of carbonyl (C=O) groups is 1. The third kappa shape index (κ3) is 3.22. The Labute approximate surface area is 168 Å². The van der Waals surface area contributed by atoms with E-state index in [1.807, 2.05) is 35.6 Å². The second-order valence-electron chi connectivity index (χ2n) is 7.78. The van der Waals surface area contributed by atoms with Gasteiger partial charge in [0.2, 0.25) is 5.82 Å². The number of nitrogens with zero attached hydrogens (tertiary/aromatic N) is 8. The Morgan fingerprint density at radius 1 is 0.931 bits per heavy atom. The van der Waals surface area contributed by atoms with Gasteiger partial charge in [0.1, 0.15) is 12.1 Å². The molecule has 5 rings (SSSR count). The normalized spacial score (nSPS) is 20.9. The van der Waals surface area contributed by atoms with Gasteiger partial charge in [-0.15, -0.1) is 0 Å². The summed E-state index contributed by atoms with van der Waals surface area (Å²) in [6, 6.07) is 5.74. The number of anilines is 1. The second kappa shape index (κ2) is 6.91. The Morgan fingerprint density at radius 3 is 2.28 bits per heavy atom. The van der Waals surface area contributed by atoms with Crippen molar-refractivity contribution < 1.29 is 4.79 Å². The van der Waals surface area contributed by atoms with Crippen LogP contribution in [0, 0.1) is 25.7 Å². The van der Waals surface area contributed by atoms with Gasteiger partial charge in [-0.2, -0.15) is 5.10 Å². The van der Waals surface area contributed by atoms with E-state index in [-0.39, 0.29) is 11.7 Å². The van der Waals surface area contributed by atoms with E-state index in [4.69, 9.17) is 0 Å². The molecule has 0 spiro atoms. The molecule has 0 aromatic carbocycles. The molecule has 0 aliphatic carbocycles. The molecule has 0 saturated carbocycles. The van der Waals surface area contributed by atoms with Crippen molar-refractivity contribution in [2.45, 2.75) is 13.8 Å². The first-order chi connectivity index (χ1) is 14.1. The van der Waals surface area contributed by atoms with Gasteiger partial charge in [-0.3, -0.25) is 4.79 Å². The van der Waals surface area contributed by atoms with Crippen LogP contribution >= 0.6 is 0 Å². The lowest BCUT2D eigenvalue weighted by atomic mass is 10.0. The summed E-state index contributed by atoms with van der Waals surface area (Å²) >= 11 is 0. The molecule has 2 aliphatic rings. The van der Waals surface area contributed by atoms with E-state index in [1.165, 1.54) is 0 Å². The highest BCUT2D eigenvalue weighted by molar-refractivity contribution is 5.90. The fourth-order valence-corrected chi connectivity index (χ4v) is 4.38. The fraction of sp³-hybridized carbons (Fsp3) is 0.400. The maximum absolute atomic E-state index is 12.6. The summed E-state index contributed by atoms with van der Waals surface area (Å²) in [6.07, 6.45) is 4.81. The third-order valence-corrected chi connectivity index (χ3v) is 5.72. The van der Waals surface area contributed by atoms with Gasteiger partial charge in [0.15, 0.2) is 5.82 Å². The highest BCUT2D eigenvalue weighted by Crippen LogP contribution is 2.34. The number of carbonyl (C=O) groups excluding carboxylic acids is 1. The summed E-state index contributed by atoms with van der Waals surface area (Å²) in [5.74, 6) is 2.72. The van der Waals surface area contributed by atoms with Crippen molar-refractivity contribution in [3.63, 3.8) is 0 Å². The van der Waals surface area contributed by atoms with Gasteiger partial charge in [0, 0.05) is 62.2 Å². The SMILES string of the molecule is Cc1cc(C)n(-c2cc(N3CC4CN(C(=O)c5ncccn5)CC4C3)ncn2)n1. The number of likely N-dealkylation sites (tertiary alicyclic amines) is 1. The molecule has 0 N–H and O–H groups in total. The Kier molecular flexibility index (Phi) is 4.22. The summed E-state index contributed by atoms with van der Waals surface area (Å²) in [7, 11) is 0. The number of rotatable bonds is 3. The quantitative estimate of drug-likeness (QED) is 0.665. The highest BCUT2D eigenvalue weighted by atomic mass is 16.2. The van der Waals surface area contributed by atoms with Gasteiger partial charge in [0.05, 0.1) is 5.69 Å². The zero-order chi connectivity index (χ0) is 20.0. The van der Waals surface area contributed by atoms with Crippen LogP contribution in [0.2, 0.25) is 0 Å². The van der Waals surface area contributed by atoms with Gasteiger partial charge in [-0.1, -0.05) is 0 Å². The van der Waals surface area contributed by atoms with E-state index >= 15 is 0 Å². The van der Waals surface area contributed by atoms with Gasteiger partial charge >= 0.3 is 0 Å². The molecule has 0 bridgehead atoms. The zero-order valence-electron chi connectivity index (χ0n) is 16.4. The molecule has 2 saturated heterocycles. The maximum atomic E-state index is 12.6. The fourth-order valence-electron chi connectivity index (χ4n) is 4.38. The van der Waals surface area contributed by atoms with E-state index in [9.17, 15) is 4.79 Å². The van der Waals surface area contributed by atoms with Crippen molar-refractivity contribution in [2.75, 3.05) is 31.1 Å². The number of hydrogen-bond acceptors (Lipinski definition) is 7. The largest absolute Gasteiger partial charge is 0.356 e. The monoisotopic (exact) mass is 390 g/mol. The average molecular weight is 390 g/mol. The Hall–Kier alpha value is -3.36. The molecule has 2 unspecified atom stereocenters. The lowest BCUT2D eigenvalue weighted by Crippen LogP contribution is -2.34. The molecule has 2 aliphatic heterocycles. The van der Waals surface area contributed by atoms with Gasteiger partial charge in [0.25, 0.3) is 5.91 Å². The van der Waals surface area contributed by atoms with E-state index in [2.05, 4.69) is 29.9 Å².